The minimum Gasteiger partial charge on any atom is -0.504 e. The van der Waals surface area contributed by atoms with E-state index in [0.29, 0.717) is 0 Å². The molecule has 2 amide bonds. The Kier molecular flexibility index (Phi) is 6.14. The van der Waals surface area contributed by atoms with Gasteiger partial charge in [0.25, 0.3) is 11.5 Å². The van der Waals surface area contributed by atoms with Crippen molar-refractivity contribution in [2.75, 3.05) is 12.4 Å². The average molecular weight is 501 g/mol. The third-order valence-corrected chi connectivity index (χ3v) is 5.51. The number of halogens is 2. The molecule has 0 aliphatic heterocycles. The molecule has 0 radical (unpaired) electrons. The number of carbonyl (C=O) groups is 2. The van der Waals surface area contributed by atoms with Crippen LogP contribution >= 0.6 is 11.6 Å². The molecule has 13 heteroatoms. The van der Waals surface area contributed by atoms with Gasteiger partial charge in [-0.05, 0) is 17.7 Å². The minimum absolute atomic E-state index is 0.0759. The lowest BCUT2D eigenvalue weighted by Gasteiger charge is -2.09. The van der Waals surface area contributed by atoms with E-state index in [4.69, 9.17) is 22.1 Å². The zero-order valence-electron chi connectivity index (χ0n) is 18.4. The van der Waals surface area contributed by atoms with E-state index in [2.05, 4.69) is 15.3 Å². The van der Waals surface area contributed by atoms with E-state index in [9.17, 15) is 23.9 Å². The smallest absolute Gasteiger partial charge is 0.263 e. The summed E-state index contributed by atoms with van der Waals surface area (Å²) in [4.78, 5) is 45.6. The first-order valence-electron chi connectivity index (χ1n) is 9.97. The van der Waals surface area contributed by atoms with Crippen LogP contribution in [0.4, 0.5) is 10.1 Å². The highest BCUT2D eigenvalue weighted by molar-refractivity contribution is 6.33. The lowest BCUT2D eigenvalue weighted by molar-refractivity contribution is -0.116. The van der Waals surface area contributed by atoms with E-state index in [1.54, 1.807) is 0 Å². The Morgan fingerprint density at radius 1 is 1.29 bits per heavy atom. The summed E-state index contributed by atoms with van der Waals surface area (Å²) in [5.74, 6) is -3.33. The molecular formula is C22H18ClFN6O5. The SMILES string of the molecule is COc1cc(NC(=O)Cn2cc(-c3cc(F)c(O)c(C(N)=O)c3)c3c(=O)n(C)cnc32)c(Cl)cn1. The van der Waals surface area contributed by atoms with Crippen LogP contribution in [0.1, 0.15) is 10.4 Å². The van der Waals surface area contributed by atoms with Crippen molar-refractivity contribution in [3.63, 3.8) is 0 Å². The number of methoxy groups -OCH3 is 1. The zero-order valence-corrected chi connectivity index (χ0v) is 19.1. The fraction of sp³-hybridized carbons (Fsp3) is 0.136. The van der Waals surface area contributed by atoms with Crippen LogP contribution in [-0.2, 0) is 18.4 Å². The number of carbonyl (C=O) groups excluding carboxylic acids is 2. The number of pyridine rings is 1. The lowest BCUT2D eigenvalue weighted by atomic mass is 10.0. The van der Waals surface area contributed by atoms with Crippen molar-refractivity contribution in [1.82, 2.24) is 19.1 Å². The first kappa shape index (κ1) is 23.7. The minimum atomic E-state index is -1.10. The first-order chi connectivity index (χ1) is 16.6. The molecule has 1 aromatic carbocycles. The van der Waals surface area contributed by atoms with Crippen LogP contribution in [0.25, 0.3) is 22.2 Å². The number of hydrogen-bond acceptors (Lipinski definition) is 7. The van der Waals surface area contributed by atoms with Crippen LogP contribution in [0.15, 0.2) is 41.7 Å². The zero-order chi connectivity index (χ0) is 25.4. The number of anilines is 1. The molecule has 0 spiro atoms. The van der Waals surface area contributed by atoms with Crippen molar-refractivity contribution < 1.29 is 23.8 Å². The number of ether oxygens (including phenoxy) is 1. The number of phenols is 1. The second-order valence-electron chi connectivity index (χ2n) is 7.50. The summed E-state index contributed by atoms with van der Waals surface area (Å²) in [6.45, 7) is -0.291. The molecule has 0 saturated carbocycles. The maximum atomic E-state index is 14.4. The molecule has 0 aliphatic rings. The van der Waals surface area contributed by atoms with Crippen molar-refractivity contribution in [1.29, 1.82) is 0 Å². The summed E-state index contributed by atoms with van der Waals surface area (Å²) in [7, 11) is 2.89. The third-order valence-electron chi connectivity index (χ3n) is 5.20. The van der Waals surface area contributed by atoms with Crippen LogP contribution in [0, 0.1) is 5.82 Å². The van der Waals surface area contributed by atoms with Gasteiger partial charge in [-0.1, -0.05) is 11.6 Å². The second kappa shape index (κ2) is 9.06. The molecule has 4 aromatic rings. The Bertz CT molecular complexity index is 1560. The molecule has 0 atom stereocenters. The van der Waals surface area contributed by atoms with Gasteiger partial charge < -0.3 is 30.0 Å². The van der Waals surface area contributed by atoms with Gasteiger partial charge in [0.1, 0.15) is 12.2 Å². The van der Waals surface area contributed by atoms with E-state index in [-0.39, 0.29) is 45.3 Å². The number of aromatic hydroxyl groups is 1. The number of nitrogens with one attached hydrogen (secondary N) is 1. The van der Waals surface area contributed by atoms with Gasteiger partial charge in [-0.25, -0.2) is 14.4 Å². The van der Waals surface area contributed by atoms with E-state index < -0.39 is 34.5 Å². The van der Waals surface area contributed by atoms with Crippen LogP contribution in [-0.4, -0.2) is 43.1 Å². The predicted molar refractivity (Wildman–Crippen MR) is 125 cm³/mol. The van der Waals surface area contributed by atoms with E-state index >= 15 is 0 Å². The highest BCUT2D eigenvalue weighted by Gasteiger charge is 2.21. The highest BCUT2D eigenvalue weighted by Crippen LogP contribution is 2.33. The fourth-order valence-electron chi connectivity index (χ4n) is 3.52. The maximum Gasteiger partial charge on any atom is 0.263 e. The Hall–Kier alpha value is -4.45. The topological polar surface area (TPSA) is 154 Å². The lowest BCUT2D eigenvalue weighted by Crippen LogP contribution is -2.20. The largest absolute Gasteiger partial charge is 0.504 e. The van der Waals surface area contributed by atoms with E-state index in [1.807, 2.05) is 0 Å². The van der Waals surface area contributed by atoms with Crippen LogP contribution in [0.2, 0.25) is 5.02 Å². The number of nitrogens with zero attached hydrogens (tertiary/aromatic N) is 4. The number of aromatic nitrogens is 4. The number of rotatable bonds is 6. The molecule has 35 heavy (non-hydrogen) atoms. The third kappa shape index (κ3) is 4.38. The Morgan fingerprint density at radius 2 is 2.03 bits per heavy atom. The molecule has 0 bridgehead atoms. The molecular weight excluding hydrogens is 483 g/mol. The molecule has 0 saturated heterocycles. The molecule has 0 unspecified atom stereocenters. The molecule has 11 nitrogen and oxygen atoms in total. The summed E-state index contributed by atoms with van der Waals surface area (Å²) < 4.78 is 22.0. The van der Waals surface area contributed by atoms with Crippen LogP contribution < -0.4 is 21.3 Å². The van der Waals surface area contributed by atoms with Crippen molar-refractivity contribution in [3.05, 3.63) is 63.7 Å². The van der Waals surface area contributed by atoms with Crippen molar-refractivity contribution in [3.8, 4) is 22.8 Å². The number of hydrogen-bond donors (Lipinski definition) is 3. The quantitative estimate of drug-likeness (QED) is 0.366. The van der Waals surface area contributed by atoms with E-state index in [1.165, 1.54) is 48.1 Å². The van der Waals surface area contributed by atoms with Gasteiger partial charge >= 0.3 is 0 Å². The number of nitrogens with two attached hydrogens (primary N) is 1. The fourth-order valence-corrected chi connectivity index (χ4v) is 3.67. The van der Waals surface area contributed by atoms with Gasteiger partial charge in [-0.2, -0.15) is 0 Å². The molecule has 3 heterocycles. The van der Waals surface area contributed by atoms with Crippen molar-refractivity contribution in [2.24, 2.45) is 12.8 Å². The van der Waals surface area contributed by atoms with Crippen molar-refractivity contribution in [2.45, 2.75) is 6.54 Å². The number of benzene rings is 1. The standard InChI is InChI=1S/C22H18ClFN6O5/c1-29-9-27-21-18(22(29)34)12(10-3-11(20(25)33)19(32)14(24)4-10)7-30(21)8-16(31)28-15-5-17(35-2)26-6-13(15)23/h3-7,9,32H,8H2,1-2H3,(H2,25,33)(H,26,28,31). The average Bonchev–Trinajstić information content (AvgIpc) is 3.17. The van der Waals surface area contributed by atoms with Gasteiger partial charge in [0, 0.05) is 24.9 Å². The first-order valence-corrected chi connectivity index (χ1v) is 10.3. The highest BCUT2D eigenvalue weighted by atomic mass is 35.5. The van der Waals surface area contributed by atoms with Gasteiger partial charge in [-0.3, -0.25) is 14.4 Å². The number of amides is 2. The number of aryl methyl sites for hydroxylation is 1. The van der Waals surface area contributed by atoms with Crippen LogP contribution in [0.5, 0.6) is 11.6 Å². The Morgan fingerprint density at radius 3 is 2.71 bits per heavy atom. The molecule has 180 valence electrons. The summed E-state index contributed by atoms with van der Waals surface area (Å²) in [5.41, 5.74) is 5.00. The number of primary amides is 1. The molecule has 4 rings (SSSR count). The summed E-state index contributed by atoms with van der Waals surface area (Å²) in [5, 5.41) is 12.7. The molecule has 3 aromatic heterocycles. The van der Waals surface area contributed by atoms with E-state index in [0.717, 1.165) is 12.1 Å². The predicted octanol–water partition coefficient (Wildman–Crippen LogP) is 2.04. The van der Waals surface area contributed by atoms with Gasteiger partial charge in [0.15, 0.2) is 11.6 Å². The van der Waals surface area contributed by atoms with Crippen molar-refractivity contribution >= 4 is 40.1 Å². The monoisotopic (exact) mass is 500 g/mol. The normalized spacial score (nSPS) is 11.0. The summed E-state index contributed by atoms with van der Waals surface area (Å²) >= 11 is 6.10. The van der Waals surface area contributed by atoms with Gasteiger partial charge in [0.05, 0.1) is 41.3 Å². The molecule has 0 aliphatic carbocycles. The molecule has 4 N–H and O–H groups in total. The number of fused-ring (bicyclic) bond motifs is 1. The Labute approximate surface area is 201 Å². The summed E-state index contributed by atoms with van der Waals surface area (Å²) in [6, 6.07) is 3.56. The van der Waals surface area contributed by atoms with Gasteiger partial charge in [0.2, 0.25) is 11.8 Å². The summed E-state index contributed by atoms with van der Waals surface area (Å²) in [6.07, 6.45) is 4.02. The Balaban J connectivity index is 1.80. The van der Waals surface area contributed by atoms with Crippen LogP contribution in [0.3, 0.4) is 0 Å². The molecule has 0 fully saturated rings. The van der Waals surface area contributed by atoms with Gasteiger partial charge in [-0.15, -0.1) is 0 Å². The maximum absolute atomic E-state index is 14.4. The second-order valence-corrected chi connectivity index (χ2v) is 7.91.